The third-order valence-electron chi connectivity index (χ3n) is 6.49. The van der Waals surface area contributed by atoms with Crippen LogP contribution in [-0.4, -0.2) is 26.5 Å². The average molecular weight is 508 g/mol. The number of nitrogens with zero attached hydrogens (tertiary/aromatic N) is 2. The van der Waals surface area contributed by atoms with E-state index in [-0.39, 0.29) is 28.1 Å². The molecule has 36 heavy (non-hydrogen) atoms. The summed E-state index contributed by atoms with van der Waals surface area (Å²) in [6.45, 7) is 8.00. The quantitative estimate of drug-likeness (QED) is 0.354. The summed E-state index contributed by atoms with van der Waals surface area (Å²) in [5.41, 5.74) is 7.18. The number of primary amides is 1. The number of pyridine rings is 1. The fraction of sp³-hybridized carbons (Fsp3) is 0.250. The summed E-state index contributed by atoms with van der Waals surface area (Å²) in [5, 5.41) is 10.3. The molecular weight excluding hydrogens is 481 g/mol. The number of aromatic nitrogens is 2. The van der Waals surface area contributed by atoms with Gasteiger partial charge in [-0.2, -0.15) is 0 Å². The summed E-state index contributed by atoms with van der Waals surface area (Å²) in [5.74, 6) is -2.64. The minimum Gasteiger partial charge on any atom is -0.476 e. The lowest BCUT2D eigenvalue weighted by Gasteiger charge is -2.35. The summed E-state index contributed by atoms with van der Waals surface area (Å²) in [7, 11) is 0. The van der Waals surface area contributed by atoms with Crippen LogP contribution in [0.4, 0.5) is 4.39 Å². The number of hydrogen-bond acceptors (Lipinski definition) is 3. The van der Waals surface area contributed by atoms with Gasteiger partial charge in [0.15, 0.2) is 11.2 Å². The fourth-order valence-electron chi connectivity index (χ4n) is 4.61. The molecule has 8 heteroatoms. The largest absolute Gasteiger partial charge is 0.476 e. The summed E-state index contributed by atoms with van der Waals surface area (Å²) >= 11 is 6.14. The van der Waals surface area contributed by atoms with Crippen LogP contribution in [0.15, 0.2) is 60.8 Å². The number of fused-ring (bicyclic) bond motifs is 1. The highest BCUT2D eigenvalue weighted by atomic mass is 35.5. The summed E-state index contributed by atoms with van der Waals surface area (Å²) in [6, 6.07) is 15.2. The second-order valence-electron chi connectivity index (χ2n) is 10.0. The molecule has 2 aromatic carbocycles. The summed E-state index contributed by atoms with van der Waals surface area (Å²) in [4.78, 5) is 29.8. The maximum atomic E-state index is 14.1. The van der Waals surface area contributed by atoms with Crippen LogP contribution in [0.5, 0.6) is 0 Å². The van der Waals surface area contributed by atoms with E-state index in [9.17, 15) is 19.1 Å². The molecule has 4 aromatic rings. The van der Waals surface area contributed by atoms with Crippen LogP contribution < -0.4 is 5.73 Å². The lowest BCUT2D eigenvalue weighted by atomic mass is 9.81. The van der Waals surface area contributed by atoms with Gasteiger partial charge in [-0.1, -0.05) is 62.7 Å². The Kier molecular flexibility index (Phi) is 6.39. The number of carbonyl (C=O) groups is 2. The van der Waals surface area contributed by atoms with Crippen molar-refractivity contribution < 1.29 is 19.1 Å². The zero-order valence-electron chi connectivity index (χ0n) is 20.5. The molecule has 1 amide bonds. The first kappa shape index (κ1) is 25.4. The Bertz CT molecular complexity index is 1490. The van der Waals surface area contributed by atoms with E-state index in [4.69, 9.17) is 17.3 Å². The van der Waals surface area contributed by atoms with Crippen LogP contribution in [-0.2, 0) is 22.2 Å². The molecule has 2 heterocycles. The number of hydrogen-bond donors (Lipinski definition) is 2. The minimum absolute atomic E-state index is 0.0691. The van der Waals surface area contributed by atoms with E-state index in [0.29, 0.717) is 16.6 Å². The first-order valence-corrected chi connectivity index (χ1v) is 11.8. The van der Waals surface area contributed by atoms with E-state index in [2.05, 4.69) is 25.8 Å². The standard InChI is InChI=1S/C28H27ClFN3O3/c1-16-13-18-11-12-33(24(18)23(32-16)25(34)35)28(26(31)36,20-9-10-22(30)21(29)14-20)15-17-5-7-19(8-6-17)27(2,3)4/h5-14H,15H2,1-4H3,(H2,31,36)(H,34,35). The Morgan fingerprint density at radius 1 is 1.06 bits per heavy atom. The predicted octanol–water partition coefficient (Wildman–Crippen LogP) is 5.60. The van der Waals surface area contributed by atoms with E-state index in [1.807, 2.05) is 24.3 Å². The lowest BCUT2D eigenvalue weighted by molar-refractivity contribution is -0.124. The Morgan fingerprint density at radius 2 is 1.69 bits per heavy atom. The van der Waals surface area contributed by atoms with Crippen LogP contribution in [0.3, 0.4) is 0 Å². The maximum Gasteiger partial charge on any atom is 0.356 e. The topological polar surface area (TPSA) is 98.2 Å². The molecule has 1 unspecified atom stereocenters. The molecule has 0 fully saturated rings. The molecule has 0 radical (unpaired) electrons. The van der Waals surface area contributed by atoms with Gasteiger partial charge in [-0.15, -0.1) is 0 Å². The number of nitrogens with two attached hydrogens (primary N) is 1. The molecule has 3 N–H and O–H groups in total. The Labute approximate surface area is 213 Å². The molecule has 0 aliphatic carbocycles. The third kappa shape index (κ3) is 4.35. The van der Waals surface area contributed by atoms with Gasteiger partial charge < -0.3 is 15.4 Å². The molecule has 0 bridgehead atoms. The van der Waals surface area contributed by atoms with Crippen molar-refractivity contribution >= 4 is 34.4 Å². The first-order valence-electron chi connectivity index (χ1n) is 11.4. The van der Waals surface area contributed by atoms with Crippen molar-refractivity contribution in [1.82, 2.24) is 9.55 Å². The summed E-state index contributed by atoms with van der Waals surface area (Å²) in [6.07, 6.45) is 1.69. The molecule has 4 rings (SSSR count). The van der Waals surface area contributed by atoms with Gasteiger partial charge in [0.1, 0.15) is 5.82 Å². The number of benzene rings is 2. The second kappa shape index (κ2) is 9.06. The highest BCUT2D eigenvalue weighted by molar-refractivity contribution is 6.30. The number of halogens is 2. The number of aryl methyl sites for hydroxylation is 1. The molecule has 6 nitrogen and oxygen atoms in total. The maximum absolute atomic E-state index is 14.1. The van der Waals surface area contributed by atoms with Crippen LogP contribution >= 0.6 is 11.6 Å². The Morgan fingerprint density at radius 3 is 2.25 bits per heavy atom. The third-order valence-corrected chi connectivity index (χ3v) is 6.78. The molecule has 0 aliphatic rings. The van der Waals surface area contributed by atoms with Crippen LogP contribution in [0.25, 0.3) is 10.9 Å². The van der Waals surface area contributed by atoms with Gasteiger partial charge in [0, 0.05) is 23.7 Å². The lowest BCUT2D eigenvalue weighted by Crippen LogP contribution is -2.49. The number of amides is 1. The molecule has 186 valence electrons. The minimum atomic E-state index is -1.62. The number of rotatable bonds is 6. The van der Waals surface area contributed by atoms with Gasteiger partial charge in [-0.25, -0.2) is 14.2 Å². The molecular formula is C28H27ClFN3O3. The van der Waals surface area contributed by atoms with Crippen LogP contribution in [0.1, 0.15) is 53.6 Å². The number of carboxylic acids is 1. The van der Waals surface area contributed by atoms with E-state index in [1.54, 1.807) is 25.3 Å². The molecule has 2 aromatic heterocycles. The van der Waals surface area contributed by atoms with Gasteiger partial charge in [-0.05, 0) is 53.3 Å². The van der Waals surface area contributed by atoms with Gasteiger partial charge in [0.2, 0.25) is 5.91 Å². The highest BCUT2D eigenvalue weighted by Gasteiger charge is 2.43. The zero-order valence-corrected chi connectivity index (χ0v) is 21.2. The van der Waals surface area contributed by atoms with Crippen molar-refractivity contribution in [1.29, 1.82) is 0 Å². The van der Waals surface area contributed by atoms with Crippen molar-refractivity contribution in [3.63, 3.8) is 0 Å². The second-order valence-corrected chi connectivity index (χ2v) is 10.4. The predicted molar refractivity (Wildman–Crippen MR) is 138 cm³/mol. The zero-order chi connectivity index (χ0) is 26.4. The van der Waals surface area contributed by atoms with E-state index in [0.717, 1.165) is 11.1 Å². The molecule has 0 saturated heterocycles. The van der Waals surface area contributed by atoms with Crippen molar-refractivity contribution in [2.75, 3.05) is 0 Å². The SMILES string of the molecule is Cc1cc2ccn(C(Cc3ccc(C(C)(C)C)cc3)(C(N)=O)c3ccc(F)c(Cl)c3)c2c(C(=O)O)n1. The number of carboxylic acid groups (broad SMARTS) is 1. The number of carbonyl (C=O) groups excluding carboxylic acids is 1. The van der Waals surface area contributed by atoms with Crippen molar-refractivity contribution in [2.45, 2.75) is 45.1 Å². The molecule has 0 aliphatic heterocycles. The number of aromatic carboxylic acids is 1. The van der Waals surface area contributed by atoms with Gasteiger partial charge in [-0.3, -0.25) is 4.79 Å². The van der Waals surface area contributed by atoms with Crippen LogP contribution in [0, 0.1) is 12.7 Å². The van der Waals surface area contributed by atoms with Gasteiger partial charge >= 0.3 is 5.97 Å². The highest BCUT2D eigenvalue weighted by Crippen LogP contribution is 2.37. The smallest absolute Gasteiger partial charge is 0.356 e. The monoisotopic (exact) mass is 507 g/mol. The Balaban J connectivity index is 2.04. The average Bonchev–Trinajstić information content (AvgIpc) is 3.22. The van der Waals surface area contributed by atoms with Gasteiger partial charge in [0.25, 0.3) is 0 Å². The van der Waals surface area contributed by atoms with E-state index in [1.165, 1.54) is 22.8 Å². The van der Waals surface area contributed by atoms with E-state index < -0.39 is 23.2 Å². The normalized spacial score (nSPS) is 13.5. The first-order chi connectivity index (χ1) is 16.8. The van der Waals surface area contributed by atoms with Crippen molar-refractivity contribution in [2.24, 2.45) is 5.73 Å². The molecule has 0 spiro atoms. The Hall–Kier alpha value is -3.71. The summed E-state index contributed by atoms with van der Waals surface area (Å²) < 4.78 is 15.7. The van der Waals surface area contributed by atoms with Crippen LogP contribution in [0.2, 0.25) is 5.02 Å². The van der Waals surface area contributed by atoms with Crippen molar-refractivity contribution in [3.8, 4) is 0 Å². The molecule has 1 atom stereocenters. The molecule has 0 saturated carbocycles. The van der Waals surface area contributed by atoms with Gasteiger partial charge in [0.05, 0.1) is 10.5 Å². The van der Waals surface area contributed by atoms with Crippen molar-refractivity contribution in [3.05, 3.63) is 99.7 Å². The van der Waals surface area contributed by atoms with E-state index >= 15 is 0 Å². The fourth-order valence-corrected chi connectivity index (χ4v) is 4.79.